The van der Waals surface area contributed by atoms with Crippen LogP contribution in [-0.4, -0.2) is 10.2 Å². The van der Waals surface area contributed by atoms with Crippen molar-refractivity contribution < 1.29 is 4.42 Å². The third-order valence-corrected chi connectivity index (χ3v) is 1.41. The zero-order valence-electron chi connectivity index (χ0n) is 5.09. The smallest absolute Gasteiger partial charge is 0.227 e. The summed E-state index contributed by atoms with van der Waals surface area (Å²) < 4.78 is 5.11. The van der Waals surface area contributed by atoms with E-state index in [1.54, 1.807) is 0 Å². The van der Waals surface area contributed by atoms with Crippen LogP contribution in [0.15, 0.2) is 4.42 Å². The molecule has 0 aromatic carbocycles. The molecule has 1 rings (SSSR count). The quantitative estimate of drug-likeness (QED) is 0.665. The maximum absolute atomic E-state index is 5.11. The van der Waals surface area contributed by atoms with E-state index < -0.39 is 0 Å². The van der Waals surface area contributed by atoms with Crippen LogP contribution in [0.1, 0.15) is 18.7 Å². The molecule has 1 aromatic heterocycles. The van der Waals surface area contributed by atoms with Crippen LogP contribution < -0.4 is 0 Å². The van der Waals surface area contributed by atoms with E-state index in [4.69, 9.17) is 4.42 Å². The zero-order chi connectivity index (χ0) is 6.69. The lowest BCUT2D eigenvalue weighted by atomic mass is 10.5. The molecule has 0 saturated heterocycles. The van der Waals surface area contributed by atoms with E-state index in [2.05, 4.69) is 26.1 Å². The molecule has 0 N–H and O–H groups in total. The minimum absolute atomic E-state index is 0.639. The molecule has 0 saturated carbocycles. The summed E-state index contributed by atoms with van der Waals surface area (Å²) >= 11 is 3.20. The molecule has 3 nitrogen and oxygen atoms in total. The molecular weight excluding hydrogens is 184 g/mol. The minimum atomic E-state index is 0.639. The lowest BCUT2D eigenvalue weighted by molar-refractivity contribution is 0.471. The first-order valence-electron chi connectivity index (χ1n) is 2.74. The molecule has 0 aliphatic heterocycles. The number of alkyl halides is 1. The molecule has 0 spiro atoms. The fourth-order valence-electron chi connectivity index (χ4n) is 0.485. The summed E-state index contributed by atoms with van der Waals surface area (Å²) in [7, 11) is 0. The normalized spacial score (nSPS) is 10.0. The molecule has 0 unspecified atom stereocenters. The first-order valence-corrected chi connectivity index (χ1v) is 3.86. The van der Waals surface area contributed by atoms with Crippen LogP contribution in [0.4, 0.5) is 0 Å². The predicted octanol–water partition coefficient (Wildman–Crippen LogP) is 1.53. The van der Waals surface area contributed by atoms with Gasteiger partial charge in [0.25, 0.3) is 0 Å². The van der Waals surface area contributed by atoms with Crippen LogP contribution in [-0.2, 0) is 11.8 Å². The third-order valence-electron chi connectivity index (χ3n) is 0.925. The maximum atomic E-state index is 5.11. The Balaban J connectivity index is 2.74. The van der Waals surface area contributed by atoms with Crippen molar-refractivity contribution in [2.75, 3.05) is 0 Å². The van der Waals surface area contributed by atoms with Gasteiger partial charge in [0, 0.05) is 6.42 Å². The van der Waals surface area contributed by atoms with Gasteiger partial charge in [-0.05, 0) is 0 Å². The van der Waals surface area contributed by atoms with Crippen LogP contribution in [0.3, 0.4) is 0 Å². The molecule has 0 bridgehead atoms. The van der Waals surface area contributed by atoms with Crippen molar-refractivity contribution in [3.8, 4) is 0 Å². The van der Waals surface area contributed by atoms with Gasteiger partial charge >= 0.3 is 0 Å². The Morgan fingerprint density at radius 3 is 2.44 bits per heavy atom. The summed E-state index contributed by atoms with van der Waals surface area (Å²) in [5.74, 6) is 1.34. The fraction of sp³-hybridized carbons (Fsp3) is 0.600. The summed E-state index contributed by atoms with van der Waals surface area (Å²) in [6.07, 6.45) is 0.806. The second-order valence-electron chi connectivity index (χ2n) is 1.58. The number of nitrogens with zero attached hydrogens (tertiary/aromatic N) is 2. The predicted molar refractivity (Wildman–Crippen MR) is 36.3 cm³/mol. The number of hydrogen-bond acceptors (Lipinski definition) is 3. The van der Waals surface area contributed by atoms with Crippen molar-refractivity contribution in [2.24, 2.45) is 0 Å². The van der Waals surface area contributed by atoms with Crippen LogP contribution in [0, 0.1) is 0 Å². The third kappa shape index (κ3) is 1.51. The highest BCUT2D eigenvalue weighted by molar-refractivity contribution is 9.08. The van der Waals surface area contributed by atoms with Crippen molar-refractivity contribution in [1.29, 1.82) is 0 Å². The Hall–Kier alpha value is -0.380. The Kier molecular flexibility index (Phi) is 2.22. The van der Waals surface area contributed by atoms with Crippen LogP contribution in [0.5, 0.6) is 0 Å². The lowest BCUT2D eigenvalue weighted by Gasteiger charge is -1.80. The largest absolute Gasteiger partial charge is 0.424 e. The standard InChI is InChI=1S/C5H7BrN2O/c1-2-4-7-8-5(3-6)9-4/h2-3H2,1H3. The second-order valence-corrected chi connectivity index (χ2v) is 2.14. The van der Waals surface area contributed by atoms with Crippen LogP contribution in [0.2, 0.25) is 0 Å². The molecule has 9 heavy (non-hydrogen) atoms. The van der Waals surface area contributed by atoms with E-state index in [1.807, 2.05) is 6.92 Å². The van der Waals surface area contributed by atoms with Gasteiger partial charge in [-0.2, -0.15) is 0 Å². The first kappa shape index (κ1) is 6.74. The Morgan fingerprint density at radius 1 is 1.44 bits per heavy atom. The summed E-state index contributed by atoms with van der Waals surface area (Å²) in [5, 5.41) is 8.14. The second kappa shape index (κ2) is 2.96. The molecular formula is C5H7BrN2O. The van der Waals surface area contributed by atoms with Gasteiger partial charge in [-0.1, -0.05) is 22.9 Å². The van der Waals surface area contributed by atoms with Gasteiger partial charge in [0.15, 0.2) is 0 Å². The van der Waals surface area contributed by atoms with Crippen LogP contribution >= 0.6 is 15.9 Å². The highest BCUT2D eigenvalue weighted by Crippen LogP contribution is 2.03. The van der Waals surface area contributed by atoms with E-state index in [0.717, 1.165) is 6.42 Å². The number of hydrogen-bond donors (Lipinski definition) is 0. The van der Waals surface area contributed by atoms with E-state index in [9.17, 15) is 0 Å². The topological polar surface area (TPSA) is 38.9 Å². The molecule has 1 aromatic rings. The molecule has 4 heteroatoms. The molecule has 50 valence electrons. The Bertz CT molecular complexity index is 168. The van der Waals surface area contributed by atoms with Crippen molar-refractivity contribution in [2.45, 2.75) is 18.7 Å². The maximum Gasteiger partial charge on any atom is 0.227 e. The van der Waals surface area contributed by atoms with Crippen molar-refractivity contribution in [3.63, 3.8) is 0 Å². The summed E-state index contributed by atoms with van der Waals surface area (Å²) in [6.45, 7) is 1.98. The molecule has 0 fully saturated rings. The van der Waals surface area contributed by atoms with Crippen molar-refractivity contribution in [1.82, 2.24) is 10.2 Å². The average Bonchev–Trinajstić information content (AvgIpc) is 2.34. The molecule has 0 atom stereocenters. The first-order chi connectivity index (χ1) is 4.36. The van der Waals surface area contributed by atoms with Gasteiger partial charge in [-0.3, -0.25) is 0 Å². The molecule has 0 amide bonds. The molecule has 1 heterocycles. The van der Waals surface area contributed by atoms with Gasteiger partial charge in [0.1, 0.15) is 0 Å². The van der Waals surface area contributed by atoms with Crippen molar-refractivity contribution >= 4 is 15.9 Å². The summed E-state index contributed by atoms with van der Waals surface area (Å²) in [5.41, 5.74) is 0. The van der Waals surface area contributed by atoms with Gasteiger partial charge in [-0.15, -0.1) is 10.2 Å². The number of halogens is 1. The van der Waals surface area contributed by atoms with E-state index >= 15 is 0 Å². The van der Waals surface area contributed by atoms with Gasteiger partial charge < -0.3 is 4.42 Å². The zero-order valence-corrected chi connectivity index (χ0v) is 6.68. The summed E-state index contributed by atoms with van der Waals surface area (Å²) in [6, 6.07) is 0. The average molecular weight is 191 g/mol. The lowest BCUT2D eigenvalue weighted by Crippen LogP contribution is -1.76. The van der Waals surface area contributed by atoms with Crippen LogP contribution in [0.25, 0.3) is 0 Å². The highest BCUT2D eigenvalue weighted by Gasteiger charge is 1.99. The molecule has 0 aliphatic carbocycles. The Morgan fingerprint density at radius 2 is 2.11 bits per heavy atom. The van der Waals surface area contributed by atoms with E-state index in [-0.39, 0.29) is 0 Å². The van der Waals surface area contributed by atoms with Gasteiger partial charge in [-0.25, -0.2) is 0 Å². The highest BCUT2D eigenvalue weighted by atomic mass is 79.9. The van der Waals surface area contributed by atoms with E-state index in [0.29, 0.717) is 17.1 Å². The SMILES string of the molecule is CCc1nnc(CBr)o1. The number of aryl methyl sites for hydroxylation is 1. The Labute approximate surface area is 61.6 Å². The van der Waals surface area contributed by atoms with Gasteiger partial charge in [0.2, 0.25) is 11.8 Å². The fourth-order valence-corrected chi connectivity index (χ4v) is 0.712. The number of rotatable bonds is 2. The molecule has 0 radical (unpaired) electrons. The van der Waals surface area contributed by atoms with Gasteiger partial charge in [0.05, 0.1) is 5.33 Å². The van der Waals surface area contributed by atoms with E-state index in [1.165, 1.54) is 0 Å². The monoisotopic (exact) mass is 190 g/mol. The summed E-state index contributed by atoms with van der Waals surface area (Å²) in [4.78, 5) is 0. The minimum Gasteiger partial charge on any atom is -0.424 e. The van der Waals surface area contributed by atoms with Crippen molar-refractivity contribution in [3.05, 3.63) is 11.8 Å². The molecule has 0 aliphatic rings. The number of aromatic nitrogens is 2.